The average Bonchev–Trinajstić information content (AvgIpc) is 2.78. The Morgan fingerprint density at radius 1 is 1.39 bits per heavy atom. The summed E-state index contributed by atoms with van der Waals surface area (Å²) < 4.78 is 5.61. The quantitative estimate of drug-likeness (QED) is 0.912. The van der Waals surface area contributed by atoms with Crippen molar-refractivity contribution in [2.75, 3.05) is 5.32 Å². The van der Waals surface area contributed by atoms with Crippen LogP contribution in [0.15, 0.2) is 39.2 Å². The second-order valence-electron chi connectivity index (χ2n) is 3.36. The minimum absolute atomic E-state index is 0.122. The zero-order valence-corrected chi connectivity index (χ0v) is 11.2. The van der Waals surface area contributed by atoms with Crippen LogP contribution in [0.3, 0.4) is 0 Å². The van der Waals surface area contributed by atoms with Gasteiger partial charge in [0.05, 0.1) is 17.3 Å². The van der Waals surface area contributed by atoms with Crippen LogP contribution in [0.25, 0.3) is 0 Å². The van der Waals surface area contributed by atoms with Crippen molar-refractivity contribution >= 4 is 39.1 Å². The topological polar surface area (TPSA) is 66.0 Å². The maximum absolute atomic E-state index is 11.8. The molecule has 0 aliphatic heterocycles. The highest BCUT2D eigenvalue weighted by atomic mass is 79.9. The molecule has 2 rings (SSSR count). The maximum atomic E-state index is 11.8. The first kappa shape index (κ1) is 12.7. The number of benzene rings is 1. The Kier molecular flexibility index (Phi) is 3.70. The van der Waals surface area contributed by atoms with Gasteiger partial charge < -0.3 is 9.73 Å². The highest BCUT2D eigenvalue weighted by molar-refractivity contribution is 9.10. The van der Waals surface area contributed by atoms with E-state index >= 15 is 0 Å². The number of rotatable bonds is 2. The molecule has 0 bridgehead atoms. The molecule has 0 aliphatic carbocycles. The van der Waals surface area contributed by atoms with Gasteiger partial charge in [0.25, 0.3) is 5.91 Å². The molecule has 4 nitrogen and oxygen atoms in total. The molecule has 0 spiro atoms. The number of anilines is 1. The average molecular weight is 326 g/mol. The number of carbonyl (C=O) groups is 1. The number of amides is 1. The summed E-state index contributed by atoms with van der Waals surface area (Å²) in [6.45, 7) is 0. The van der Waals surface area contributed by atoms with Crippen LogP contribution in [0, 0.1) is 11.3 Å². The van der Waals surface area contributed by atoms with E-state index in [9.17, 15) is 4.79 Å². The van der Waals surface area contributed by atoms with Crippen molar-refractivity contribution in [2.45, 2.75) is 0 Å². The van der Waals surface area contributed by atoms with Gasteiger partial charge in [-0.05, 0) is 57.9 Å². The Labute approximate surface area is 116 Å². The van der Waals surface area contributed by atoms with Crippen LogP contribution in [0.5, 0.6) is 0 Å². The Balaban J connectivity index is 2.20. The predicted octanol–water partition coefficient (Wildman–Crippen LogP) is 3.82. The lowest BCUT2D eigenvalue weighted by Crippen LogP contribution is -2.11. The molecule has 1 N–H and O–H groups in total. The maximum Gasteiger partial charge on any atom is 0.291 e. The predicted molar refractivity (Wildman–Crippen MR) is 70.5 cm³/mol. The van der Waals surface area contributed by atoms with Crippen molar-refractivity contribution < 1.29 is 9.21 Å². The molecular weight excluding hydrogens is 320 g/mol. The van der Waals surface area contributed by atoms with E-state index in [0.29, 0.717) is 15.7 Å². The molecule has 2 aromatic rings. The normalized spacial score (nSPS) is 9.83. The zero-order chi connectivity index (χ0) is 13.1. The SMILES string of the molecule is N#Cc1ccc(NC(=O)c2ccc(Cl)o2)c(Br)c1. The fourth-order valence-electron chi connectivity index (χ4n) is 1.31. The van der Waals surface area contributed by atoms with E-state index in [2.05, 4.69) is 21.2 Å². The molecule has 6 heteroatoms. The first-order valence-electron chi connectivity index (χ1n) is 4.86. The van der Waals surface area contributed by atoms with E-state index in [-0.39, 0.29) is 11.0 Å². The standard InChI is InChI=1S/C12H6BrClN2O2/c13-8-5-7(6-15)1-2-9(8)16-12(17)10-3-4-11(14)18-10/h1-5H,(H,16,17). The van der Waals surface area contributed by atoms with Gasteiger partial charge in [0.2, 0.25) is 0 Å². The van der Waals surface area contributed by atoms with Gasteiger partial charge in [-0.15, -0.1) is 0 Å². The van der Waals surface area contributed by atoms with Crippen LogP contribution in [0.2, 0.25) is 5.22 Å². The van der Waals surface area contributed by atoms with E-state index in [4.69, 9.17) is 21.3 Å². The number of hydrogen-bond acceptors (Lipinski definition) is 3. The third-order valence-electron chi connectivity index (χ3n) is 2.14. The van der Waals surface area contributed by atoms with Gasteiger partial charge >= 0.3 is 0 Å². The van der Waals surface area contributed by atoms with Crippen molar-refractivity contribution in [1.82, 2.24) is 0 Å². The monoisotopic (exact) mass is 324 g/mol. The Morgan fingerprint density at radius 3 is 2.72 bits per heavy atom. The van der Waals surface area contributed by atoms with Crippen molar-refractivity contribution in [3.05, 3.63) is 51.3 Å². The first-order chi connectivity index (χ1) is 8.60. The van der Waals surface area contributed by atoms with E-state index in [1.54, 1.807) is 18.2 Å². The largest absolute Gasteiger partial charge is 0.440 e. The Bertz CT molecular complexity index is 646. The molecule has 18 heavy (non-hydrogen) atoms. The Hall–Kier alpha value is -1.77. The molecule has 0 saturated heterocycles. The summed E-state index contributed by atoms with van der Waals surface area (Å²) in [6, 6.07) is 9.83. The van der Waals surface area contributed by atoms with Crippen molar-refractivity contribution in [3.8, 4) is 6.07 Å². The molecule has 0 unspecified atom stereocenters. The number of nitrogens with zero attached hydrogens (tertiary/aromatic N) is 1. The van der Waals surface area contributed by atoms with E-state index < -0.39 is 5.91 Å². The summed E-state index contributed by atoms with van der Waals surface area (Å²) in [5.41, 5.74) is 1.05. The molecular formula is C12H6BrClN2O2. The summed E-state index contributed by atoms with van der Waals surface area (Å²) in [6.07, 6.45) is 0. The molecule has 1 aromatic carbocycles. The number of hydrogen-bond donors (Lipinski definition) is 1. The number of carbonyl (C=O) groups excluding carboxylic acids is 1. The summed E-state index contributed by atoms with van der Waals surface area (Å²) in [4.78, 5) is 11.8. The second kappa shape index (κ2) is 5.25. The Morgan fingerprint density at radius 2 is 2.17 bits per heavy atom. The molecule has 0 saturated carbocycles. The summed E-state index contributed by atoms with van der Waals surface area (Å²) >= 11 is 8.86. The van der Waals surface area contributed by atoms with Crippen molar-refractivity contribution in [2.24, 2.45) is 0 Å². The minimum atomic E-state index is -0.410. The molecule has 90 valence electrons. The molecule has 0 aliphatic rings. The molecule has 0 fully saturated rings. The second-order valence-corrected chi connectivity index (χ2v) is 4.59. The van der Waals surface area contributed by atoms with Crippen LogP contribution in [0.4, 0.5) is 5.69 Å². The van der Waals surface area contributed by atoms with Crippen LogP contribution >= 0.6 is 27.5 Å². The lowest BCUT2D eigenvalue weighted by Gasteiger charge is -2.05. The van der Waals surface area contributed by atoms with Gasteiger partial charge in [-0.25, -0.2) is 0 Å². The van der Waals surface area contributed by atoms with Crippen LogP contribution < -0.4 is 5.32 Å². The highest BCUT2D eigenvalue weighted by Gasteiger charge is 2.12. The molecule has 1 aromatic heterocycles. The number of nitrogens with one attached hydrogen (secondary N) is 1. The van der Waals surface area contributed by atoms with Crippen molar-refractivity contribution in [1.29, 1.82) is 5.26 Å². The van der Waals surface area contributed by atoms with Gasteiger partial charge in [-0.3, -0.25) is 4.79 Å². The third-order valence-corrected chi connectivity index (χ3v) is 3.00. The summed E-state index contributed by atoms with van der Waals surface area (Å²) in [7, 11) is 0. The number of halogens is 2. The van der Waals surface area contributed by atoms with Gasteiger partial charge in [-0.2, -0.15) is 5.26 Å². The third kappa shape index (κ3) is 2.73. The molecule has 0 atom stereocenters. The first-order valence-corrected chi connectivity index (χ1v) is 6.03. The number of nitriles is 1. The minimum Gasteiger partial charge on any atom is -0.440 e. The van der Waals surface area contributed by atoms with Gasteiger partial charge in [0, 0.05) is 4.47 Å². The van der Waals surface area contributed by atoms with Crippen LogP contribution in [0.1, 0.15) is 16.1 Å². The van der Waals surface area contributed by atoms with Crippen LogP contribution in [-0.4, -0.2) is 5.91 Å². The van der Waals surface area contributed by atoms with Gasteiger partial charge in [0.15, 0.2) is 11.0 Å². The fraction of sp³-hybridized carbons (Fsp3) is 0. The van der Waals surface area contributed by atoms with E-state index in [0.717, 1.165) is 0 Å². The lowest BCUT2D eigenvalue weighted by atomic mass is 10.2. The van der Waals surface area contributed by atoms with Gasteiger partial charge in [-0.1, -0.05) is 0 Å². The molecule has 1 amide bonds. The molecule has 1 heterocycles. The zero-order valence-electron chi connectivity index (χ0n) is 8.91. The van der Waals surface area contributed by atoms with E-state index in [1.165, 1.54) is 12.1 Å². The van der Waals surface area contributed by atoms with Crippen molar-refractivity contribution in [3.63, 3.8) is 0 Å². The highest BCUT2D eigenvalue weighted by Crippen LogP contribution is 2.24. The number of furan rings is 1. The van der Waals surface area contributed by atoms with E-state index in [1.807, 2.05) is 6.07 Å². The summed E-state index contributed by atoms with van der Waals surface area (Å²) in [5.74, 6) is -0.288. The molecule has 0 radical (unpaired) electrons. The fourth-order valence-corrected chi connectivity index (χ4v) is 1.93. The van der Waals surface area contributed by atoms with Gasteiger partial charge in [0.1, 0.15) is 0 Å². The lowest BCUT2D eigenvalue weighted by molar-refractivity contribution is 0.0996. The summed E-state index contributed by atoms with van der Waals surface area (Å²) in [5, 5.41) is 11.5. The van der Waals surface area contributed by atoms with Crippen LogP contribution in [-0.2, 0) is 0 Å². The smallest absolute Gasteiger partial charge is 0.291 e.